The first-order chi connectivity index (χ1) is 14.5. The Morgan fingerprint density at radius 1 is 1.13 bits per heavy atom. The number of benzene rings is 2. The van der Waals surface area contributed by atoms with Crippen molar-refractivity contribution >= 4 is 40.9 Å². The lowest BCUT2D eigenvalue weighted by Gasteiger charge is -2.20. The van der Waals surface area contributed by atoms with E-state index >= 15 is 0 Å². The number of rotatable bonds is 6. The van der Waals surface area contributed by atoms with E-state index in [0.717, 1.165) is 21.8 Å². The van der Waals surface area contributed by atoms with Crippen LogP contribution in [-0.2, 0) is 20.8 Å². The summed E-state index contributed by atoms with van der Waals surface area (Å²) in [7, 11) is 0. The maximum atomic E-state index is 13.0. The van der Waals surface area contributed by atoms with Crippen molar-refractivity contribution in [3.8, 4) is 0 Å². The van der Waals surface area contributed by atoms with Crippen molar-refractivity contribution in [1.29, 1.82) is 0 Å². The zero-order valence-corrected chi connectivity index (χ0v) is 17.4. The second kappa shape index (κ2) is 8.27. The number of nitrogens with one attached hydrogen (secondary N) is 1. The van der Waals surface area contributed by atoms with Crippen LogP contribution in [0.15, 0.2) is 63.8 Å². The zero-order valence-electron chi connectivity index (χ0n) is 16.6. The zero-order chi connectivity index (χ0) is 21.3. The smallest absolute Gasteiger partial charge is 0.263 e. The van der Waals surface area contributed by atoms with Gasteiger partial charge >= 0.3 is 0 Å². The van der Waals surface area contributed by atoms with E-state index in [1.807, 2.05) is 43.5 Å². The van der Waals surface area contributed by atoms with Gasteiger partial charge in [0.15, 0.2) is 12.1 Å². The van der Waals surface area contributed by atoms with Crippen LogP contribution < -0.4 is 10.2 Å². The summed E-state index contributed by atoms with van der Waals surface area (Å²) in [5.74, 6) is -1.18. The Hall–Kier alpha value is -3.20. The highest BCUT2D eigenvalue weighted by molar-refractivity contribution is 7.98. The fourth-order valence-corrected chi connectivity index (χ4v) is 4.00. The number of thioether (sulfide) groups is 1. The molecule has 2 aromatic carbocycles. The molecule has 3 amide bonds. The van der Waals surface area contributed by atoms with E-state index in [-0.39, 0.29) is 12.5 Å². The van der Waals surface area contributed by atoms with E-state index in [1.54, 1.807) is 30.0 Å². The minimum atomic E-state index is -0.920. The quantitative estimate of drug-likeness (QED) is 0.569. The standard InChI is InChI=1S/C21H21N5O3S/c1-3-13-7-9-15(10-8-13)26-20(28)18-19(21(26)29)25(24-23-18)12-17(27)22-14-5-4-6-16(11-14)30-2/h4-11,18-19H,3,12H2,1-2H3,(H,22,27). The molecule has 4 rings (SSSR count). The molecule has 2 unspecified atom stereocenters. The summed E-state index contributed by atoms with van der Waals surface area (Å²) < 4.78 is 0. The molecule has 1 fully saturated rings. The fraction of sp³-hybridized carbons (Fsp3) is 0.286. The van der Waals surface area contributed by atoms with Crippen LogP contribution in [0.2, 0.25) is 0 Å². The average Bonchev–Trinajstić information content (AvgIpc) is 3.27. The highest BCUT2D eigenvalue weighted by Crippen LogP contribution is 2.32. The largest absolute Gasteiger partial charge is 0.324 e. The number of carbonyl (C=O) groups is 3. The van der Waals surface area contributed by atoms with Crippen molar-refractivity contribution in [3.05, 3.63) is 54.1 Å². The number of hydrogen-bond acceptors (Lipinski definition) is 7. The van der Waals surface area contributed by atoms with Gasteiger partial charge in [0.25, 0.3) is 11.8 Å². The molecular weight excluding hydrogens is 402 g/mol. The summed E-state index contributed by atoms with van der Waals surface area (Å²) >= 11 is 1.57. The molecular formula is C21H21N5O3S. The van der Waals surface area contributed by atoms with Crippen LogP contribution in [-0.4, -0.2) is 47.6 Å². The Balaban J connectivity index is 1.46. The van der Waals surface area contributed by atoms with Crippen LogP contribution in [0, 0.1) is 0 Å². The monoisotopic (exact) mass is 423 g/mol. The van der Waals surface area contributed by atoms with Crippen LogP contribution in [0.4, 0.5) is 11.4 Å². The molecule has 0 aliphatic carbocycles. The van der Waals surface area contributed by atoms with E-state index in [0.29, 0.717) is 11.4 Å². The van der Waals surface area contributed by atoms with Crippen LogP contribution in [0.5, 0.6) is 0 Å². The van der Waals surface area contributed by atoms with Gasteiger partial charge < -0.3 is 5.32 Å². The van der Waals surface area contributed by atoms with E-state index in [9.17, 15) is 14.4 Å². The number of hydrogen-bond donors (Lipinski definition) is 1. The normalized spacial score (nSPS) is 20.1. The van der Waals surface area contributed by atoms with Gasteiger partial charge in [-0.25, -0.2) is 4.90 Å². The first-order valence-electron chi connectivity index (χ1n) is 9.60. The third-order valence-corrected chi connectivity index (χ3v) is 5.85. The molecule has 2 aliphatic rings. The molecule has 2 heterocycles. The van der Waals surface area contributed by atoms with Gasteiger partial charge in [-0.05, 0) is 48.6 Å². The second-order valence-electron chi connectivity index (χ2n) is 7.00. The maximum Gasteiger partial charge on any atom is 0.263 e. The number of amides is 3. The van der Waals surface area contributed by atoms with Crippen LogP contribution in [0.25, 0.3) is 0 Å². The lowest BCUT2D eigenvalue weighted by Crippen LogP contribution is -2.43. The lowest BCUT2D eigenvalue weighted by molar-refractivity contribution is -0.123. The molecule has 0 aromatic heterocycles. The van der Waals surface area contributed by atoms with Crippen LogP contribution >= 0.6 is 11.8 Å². The van der Waals surface area contributed by atoms with E-state index < -0.39 is 23.9 Å². The van der Waals surface area contributed by atoms with E-state index in [1.165, 1.54) is 5.01 Å². The highest BCUT2D eigenvalue weighted by atomic mass is 32.2. The van der Waals surface area contributed by atoms with Crippen molar-refractivity contribution < 1.29 is 14.4 Å². The first kappa shape index (κ1) is 20.1. The van der Waals surface area contributed by atoms with Gasteiger partial charge in [-0.3, -0.25) is 19.4 Å². The van der Waals surface area contributed by atoms with Crippen molar-refractivity contribution in [2.24, 2.45) is 10.3 Å². The van der Waals surface area contributed by atoms with E-state index in [4.69, 9.17) is 0 Å². The van der Waals surface area contributed by atoms with Gasteiger partial charge in [0.1, 0.15) is 6.54 Å². The third-order valence-electron chi connectivity index (χ3n) is 5.12. The number of anilines is 2. The third kappa shape index (κ3) is 3.68. The number of imide groups is 1. The molecule has 30 heavy (non-hydrogen) atoms. The lowest BCUT2D eigenvalue weighted by atomic mass is 10.1. The Kier molecular flexibility index (Phi) is 5.54. The van der Waals surface area contributed by atoms with Gasteiger partial charge in [-0.1, -0.05) is 30.3 Å². The predicted molar refractivity (Wildman–Crippen MR) is 114 cm³/mol. The van der Waals surface area contributed by atoms with Gasteiger partial charge in [0.05, 0.1) is 5.69 Å². The molecule has 1 N–H and O–H groups in total. The molecule has 1 saturated heterocycles. The highest BCUT2D eigenvalue weighted by Gasteiger charge is 2.55. The summed E-state index contributed by atoms with van der Waals surface area (Å²) in [6.07, 6.45) is 2.82. The molecule has 2 aromatic rings. The fourth-order valence-electron chi connectivity index (χ4n) is 3.54. The maximum absolute atomic E-state index is 13.0. The minimum absolute atomic E-state index is 0.171. The Labute approximate surface area is 178 Å². The Bertz CT molecular complexity index is 1020. The number of fused-ring (bicyclic) bond motifs is 1. The number of carbonyl (C=O) groups excluding carboxylic acids is 3. The number of nitrogens with zero attached hydrogens (tertiary/aromatic N) is 4. The van der Waals surface area contributed by atoms with Crippen LogP contribution in [0.1, 0.15) is 12.5 Å². The first-order valence-corrected chi connectivity index (χ1v) is 10.8. The SMILES string of the molecule is CCc1ccc(N2C(=O)C3N=NN(CC(=O)Nc4cccc(SC)c4)C3C2=O)cc1. The summed E-state index contributed by atoms with van der Waals surface area (Å²) in [4.78, 5) is 40.4. The van der Waals surface area contributed by atoms with Crippen molar-refractivity contribution in [2.45, 2.75) is 30.3 Å². The predicted octanol–water partition coefficient (Wildman–Crippen LogP) is 2.90. The summed E-state index contributed by atoms with van der Waals surface area (Å²) in [5.41, 5.74) is 2.28. The Morgan fingerprint density at radius 2 is 1.90 bits per heavy atom. The summed E-state index contributed by atoms with van der Waals surface area (Å²) in [6, 6.07) is 12.9. The molecule has 0 radical (unpaired) electrons. The van der Waals surface area contributed by atoms with Crippen molar-refractivity contribution in [3.63, 3.8) is 0 Å². The number of aryl methyl sites for hydroxylation is 1. The van der Waals surface area contributed by atoms with Crippen LogP contribution in [0.3, 0.4) is 0 Å². The van der Waals surface area contributed by atoms with Gasteiger partial charge in [-0.15, -0.1) is 11.8 Å². The molecule has 2 aliphatic heterocycles. The van der Waals surface area contributed by atoms with Crippen molar-refractivity contribution in [2.75, 3.05) is 23.0 Å². The molecule has 0 spiro atoms. The van der Waals surface area contributed by atoms with Gasteiger partial charge in [-0.2, -0.15) is 5.11 Å². The average molecular weight is 423 g/mol. The molecule has 2 atom stereocenters. The topological polar surface area (TPSA) is 94.4 Å². The molecule has 8 nitrogen and oxygen atoms in total. The summed E-state index contributed by atoms with van der Waals surface area (Å²) in [6.45, 7) is 1.86. The molecule has 9 heteroatoms. The van der Waals surface area contributed by atoms with E-state index in [2.05, 4.69) is 15.7 Å². The second-order valence-corrected chi connectivity index (χ2v) is 7.88. The van der Waals surface area contributed by atoms with Gasteiger partial charge in [0.2, 0.25) is 5.91 Å². The van der Waals surface area contributed by atoms with Crippen molar-refractivity contribution in [1.82, 2.24) is 5.01 Å². The molecule has 0 bridgehead atoms. The molecule has 0 saturated carbocycles. The molecule has 154 valence electrons. The van der Waals surface area contributed by atoms with Gasteiger partial charge in [0, 0.05) is 10.6 Å². The Morgan fingerprint density at radius 3 is 2.60 bits per heavy atom. The minimum Gasteiger partial charge on any atom is -0.324 e. The summed E-state index contributed by atoms with van der Waals surface area (Å²) in [5, 5.41) is 12.0.